The van der Waals surface area contributed by atoms with E-state index in [1.54, 1.807) is 0 Å². The van der Waals surface area contributed by atoms with Gasteiger partial charge in [-0.3, -0.25) is 0 Å². The highest BCUT2D eigenvalue weighted by Crippen LogP contribution is 2.50. The molecule has 0 atom stereocenters. The molecule has 15 rings (SSSR count). The summed E-state index contributed by atoms with van der Waals surface area (Å²) in [4.78, 5) is 2.47. The van der Waals surface area contributed by atoms with Gasteiger partial charge in [0.1, 0.15) is 0 Å². The molecular formula is C72H46N2S. The number of aromatic nitrogens is 1. The first-order chi connectivity index (χ1) is 37.2. The molecule has 0 amide bonds. The maximum Gasteiger partial charge on any atom is 0.0555 e. The molecule has 0 saturated carbocycles. The van der Waals surface area contributed by atoms with Crippen LogP contribution < -0.4 is 4.90 Å². The summed E-state index contributed by atoms with van der Waals surface area (Å²) in [6, 6.07) is 103. The minimum absolute atomic E-state index is 1.09. The van der Waals surface area contributed by atoms with E-state index in [1.807, 2.05) is 11.3 Å². The molecule has 2 aromatic heterocycles. The Bertz CT molecular complexity index is 4700. The number of anilines is 3. The Morgan fingerprint density at radius 2 is 0.813 bits per heavy atom. The van der Waals surface area contributed by atoms with E-state index in [0.717, 1.165) is 17.1 Å². The summed E-state index contributed by atoms with van der Waals surface area (Å²) in [6.07, 6.45) is 0. The molecule has 0 aliphatic rings. The van der Waals surface area contributed by atoms with Crippen LogP contribution >= 0.6 is 11.3 Å². The van der Waals surface area contributed by atoms with E-state index in [-0.39, 0.29) is 0 Å². The van der Waals surface area contributed by atoms with Gasteiger partial charge in [-0.1, -0.05) is 218 Å². The minimum atomic E-state index is 1.09. The Morgan fingerprint density at radius 3 is 1.56 bits per heavy atom. The molecule has 3 heteroatoms. The second-order valence-corrected chi connectivity index (χ2v) is 20.6. The summed E-state index contributed by atoms with van der Waals surface area (Å²) >= 11 is 1.89. The average molecular weight is 971 g/mol. The van der Waals surface area contributed by atoms with Crippen LogP contribution in [0.1, 0.15) is 0 Å². The van der Waals surface area contributed by atoms with Crippen LogP contribution in [0.2, 0.25) is 0 Å². The lowest BCUT2D eigenvalue weighted by molar-refractivity contribution is 1.20. The molecule has 0 bridgehead atoms. The van der Waals surface area contributed by atoms with Crippen LogP contribution in [0.25, 0.3) is 124 Å². The zero-order valence-corrected chi connectivity index (χ0v) is 41.7. The van der Waals surface area contributed by atoms with Gasteiger partial charge in [-0.2, -0.15) is 0 Å². The van der Waals surface area contributed by atoms with E-state index in [0.29, 0.717) is 0 Å². The molecule has 2 heterocycles. The topological polar surface area (TPSA) is 8.17 Å². The highest BCUT2D eigenvalue weighted by Gasteiger charge is 2.23. The van der Waals surface area contributed by atoms with Gasteiger partial charge in [0.25, 0.3) is 0 Å². The van der Waals surface area contributed by atoms with Gasteiger partial charge in [0, 0.05) is 53.3 Å². The normalized spacial score (nSPS) is 11.7. The third kappa shape index (κ3) is 7.08. The van der Waals surface area contributed by atoms with Crippen LogP contribution in [-0.2, 0) is 0 Å². The van der Waals surface area contributed by atoms with E-state index in [1.165, 1.54) is 124 Å². The van der Waals surface area contributed by atoms with Gasteiger partial charge >= 0.3 is 0 Å². The van der Waals surface area contributed by atoms with E-state index < -0.39 is 0 Å². The van der Waals surface area contributed by atoms with Gasteiger partial charge in [-0.25, -0.2) is 0 Å². The summed E-state index contributed by atoms with van der Waals surface area (Å²) in [7, 11) is 0. The summed E-state index contributed by atoms with van der Waals surface area (Å²) in [5.41, 5.74) is 16.6. The van der Waals surface area contributed by atoms with Crippen LogP contribution in [-0.4, -0.2) is 4.57 Å². The zero-order valence-electron chi connectivity index (χ0n) is 40.9. The standard InChI is InChI=1S/C72H46N2S/c1-4-24-56-48(16-1)19-12-29-58(56)53-23-11-22-52(46-53)47-36-40-54(41-37-47)73(68-45-44-62(61-31-13-20-49-17-2-5-25-57(49)61)72-71(68)64-28-8-10-35-69(64)75-72)55-42-38-51(39-43-55)60-30-15-34-67-70(60)63-27-7-9-32-66(63)74(67)65-33-14-21-50-18-3-6-26-59(50)65/h1-46H. The first-order valence-electron chi connectivity index (χ1n) is 25.7. The zero-order chi connectivity index (χ0) is 49.4. The lowest BCUT2D eigenvalue weighted by Crippen LogP contribution is -2.10. The Kier molecular flexibility index (Phi) is 10.1. The summed E-state index contributed by atoms with van der Waals surface area (Å²) in [5.74, 6) is 0. The Hall–Kier alpha value is -9.54. The van der Waals surface area contributed by atoms with Gasteiger partial charge < -0.3 is 9.47 Å². The summed E-state index contributed by atoms with van der Waals surface area (Å²) in [6.45, 7) is 0. The van der Waals surface area contributed by atoms with E-state index >= 15 is 0 Å². The first kappa shape index (κ1) is 43.1. The molecule has 350 valence electrons. The molecule has 0 N–H and O–H groups in total. The van der Waals surface area contributed by atoms with E-state index in [2.05, 4.69) is 289 Å². The Morgan fingerprint density at radius 1 is 0.293 bits per heavy atom. The fourth-order valence-electron chi connectivity index (χ4n) is 12.0. The van der Waals surface area contributed by atoms with Crippen molar-refractivity contribution in [1.29, 1.82) is 0 Å². The number of hydrogen-bond acceptors (Lipinski definition) is 2. The van der Waals surface area contributed by atoms with Crippen molar-refractivity contribution in [2.24, 2.45) is 0 Å². The van der Waals surface area contributed by atoms with Crippen molar-refractivity contribution in [2.75, 3.05) is 4.90 Å². The highest BCUT2D eigenvalue weighted by molar-refractivity contribution is 7.26. The first-order valence-corrected chi connectivity index (χ1v) is 26.6. The monoisotopic (exact) mass is 970 g/mol. The number of thiophene rings is 1. The molecule has 0 fully saturated rings. The third-order valence-corrected chi connectivity index (χ3v) is 16.6. The number of benzene rings is 13. The molecule has 0 aliphatic carbocycles. The van der Waals surface area contributed by atoms with Crippen molar-refractivity contribution in [3.63, 3.8) is 0 Å². The molecule has 0 spiro atoms. The van der Waals surface area contributed by atoms with Gasteiger partial charge in [-0.15, -0.1) is 11.3 Å². The maximum absolute atomic E-state index is 2.47. The molecule has 0 aliphatic heterocycles. The molecule has 13 aromatic carbocycles. The molecule has 2 nitrogen and oxygen atoms in total. The van der Waals surface area contributed by atoms with E-state index in [4.69, 9.17) is 0 Å². The molecular weight excluding hydrogens is 925 g/mol. The van der Waals surface area contributed by atoms with E-state index in [9.17, 15) is 0 Å². The highest BCUT2D eigenvalue weighted by atomic mass is 32.1. The van der Waals surface area contributed by atoms with Gasteiger partial charge in [0.2, 0.25) is 0 Å². The lowest BCUT2D eigenvalue weighted by Gasteiger charge is -2.27. The predicted octanol–water partition coefficient (Wildman–Crippen LogP) is 20.7. The molecule has 15 aromatic rings. The van der Waals surface area contributed by atoms with Gasteiger partial charge in [-0.05, 0) is 127 Å². The van der Waals surface area contributed by atoms with Crippen molar-refractivity contribution in [1.82, 2.24) is 4.57 Å². The number of hydrogen-bond donors (Lipinski definition) is 0. The molecule has 0 saturated heterocycles. The van der Waals surface area contributed by atoms with Gasteiger partial charge in [0.15, 0.2) is 0 Å². The van der Waals surface area contributed by atoms with Crippen molar-refractivity contribution in [3.05, 3.63) is 279 Å². The summed E-state index contributed by atoms with van der Waals surface area (Å²) < 4.78 is 5.01. The lowest BCUT2D eigenvalue weighted by atomic mass is 9.95. The van der Waals surface area contributed by atoms with Crippen molar-refractivity contribution in [3.8, 4) is 50.2 Å². The molecule has 0 radical (unpaired) electrons. The van der Waals surface area contributed by atoms with Crippen LogP contribution in [0.3, 0.4) is 0 Å². The third-order valence-electron chi connectivity index (χ3n) is 15.4. The van der Waals surface area contributed by atoms with Crippen molar-refractivity contribution in [2.45, 2.75) is 0 Å². The molecule has 0 unspecified atom stereocenters. The smallest absolute Gasteiger partial charge is 0.0555 e. The molecule has 75 heavy (non-hydrogen) atoms. The predicted molar refractivity (Wildman–Crippen MR) is 323 cm³/mol. The second kappa shape index (κ2) is 17.6. The SMILES string of the molecule is c1cc(-c2ccc(N(c3ccc(-c4cccc5c4c4ccccc4n5-c4cccc5ccccc45)cc3)c3ccc(-c4cccc5ccccc45)c4sc5ccccc5c34)cc2)cc(-c2cccc3ccccc23)c1. The number of rotatable bonds is 8. The van der Waals surface area contributed by atoms with Gasteiger partial charge in [0.05, 0.1) is 22.4 Å². The average Bonchev–Trinajstić information content (AvgIpc) is 4.08. The van der Waals surface area contributed by atoms with Crippen molar-refractivity contribution >= 4 is 103 Å². The Labute approximate surface area is 438 Å². The Balaban J connectivity index is 0.901. The fraction of sp³-hybridized carbons (Fsp3) is 0. The van der Waals surface area contributed by atoms with Crippen molar-refractivity contribution < 1.29 is 0 Å². The quantitative estimate of drug-likeness (QED) is 0.147. The van der Waals surface area contributed by atoms with Crippen LogP contribution in [0, 0.1) is 0 Å². The largest absolute Gasteiger partial charge is 0.310 e. The fourth-order valence-corrected chi connectivity index (χ4v) is 13.2. The minimum Gasteiger partial charge on any atom is -0.310 e. The number of fused-ring (bicyclic) bond motifs is 9. The number of para-hydroxylation sites is 1. The summed E-state index contributed by atoms with van der Waals surface area (Å²) in [5, 5.41) is 12.5. The van der Waals surface area contributed by atoms with Crippen LogP contribution in [0.15, 0.2) is 279 Å². The second-order valence-electron chi connectivity index (χ2n) is 19.5. The van der Waals surface area contributed by atoms with Crippen LogP contribution in [0.5, 0.6) is 0 Å². The maximum atomic E-state index is 2.47. The van der Waals surface area contributed by atoms with Crippen LogP contribution in [0.4, 0.5) is 17.1 Å². The number of nitrogens with zero attached hydrogens (tertiary/aromatic N) is 2.